The number of rotatable bonds is 6. The van der Waals surface area contributed by atoms with E-state index in [0.717, 1.165) is 17.1 Å². The van der Waals surface area contributed by atoms with Crippen LogP contribution in [0.2, 0.25) is 0 Å². The van der Waals surface area contributed by atoms with Crippen LogP contribution in [0.15, 0.2) is 60.7 Å². The van der Waals surface area contributed by atoms with E-state index in [1.807, 2.05) is 38.1 Å². The number of anilines is 1. The van der Waals surface area contributed by atoms with Crippen molar-refractivity contribution in [3.8, 4) is 5.69 Å². The maximum absolute atomic E-state index is 13.3. The lowest BCUT2D eigenvalue weighted by atomic mass is 10.1. The molecule has 2 amide bonds. The van der Waals surface area contributed by atoms with Crippen LogP contribution < -0.4 is 10.6 Å². The molecule has 0 aliphatic heterocycles. The molecule has 0 fully saturated rings. The van der Waals surface area contributed by atoms with Crippen LogP contribution in [0.4, 0.5) is 10.1 Å². The van der Waals surface area contributed by atoms with Gasteiger partial charge in [0.1, 0.15) is 5.82 Å². The van der Waals surface area contributed by atoms with Gasteiger partial charge in [0.25, 0.3) is 5.91 Å². The molecule has 1 aromatic heterocycles. The number of amides is 2. The van der Waals surface area contributed by atoms with Crippen molar-refractivity contribution in [1.82, 2.24) is 4.57 Å². The largest absolute Gasteiger partial charge is 0.370 e. The van der Waals surface area contributed by atoms with Gasteiger partial charge in [0.05, 0.1) is 0 Å². The van der Waals surface area contributed by atoms with Crippen molar-refractivity contribution in [2.24, 2.45) is 5.73 Å². The smallest absolute Gasteiger partial charge is 0.258 e. The van der Waals surface area contributed by atoms with Crippen molar-refractivity contribution in [3.63, 3.8) is 0 Å². The summed E-state index contributed by atoms with van der Waals surface area (Å²) in [5.41, 5.74) is 9.39. The summed E-state index contributed by atoms with van der Waals surface area (Å²) < 4.78 is 15.3. The van der Waals surface area contributed by atoms with E-state index in [1.54, 1.807) is 12.1 Å². The average Bonchev–Trinajstić information content (AvgIpc) is 3.01. The Kier molecular flexibility index (Phi) is 5.59. The molecular weight excluding hydrogens is 357 g/mol. The second kappa shape index (κ2) is 8.08. The quantitative estimate of drug-likeness (QED) is 0.709. The molecule has 2 aromatic carbocycles. The topological polar surface area (TPSA) is 68.3 Å². The standard InChI is InChI=1S/C22H22FN3O2/c1-15-3-4-16(2)26(15)20-9-5-17(6-10-20)22(28)25(14-13-21(24)27)19-11-7-18(23)8-12-19/h3-12H,13-14H2,1-2H3,(H2,24,27). The van der Waals surface area contributed by atoms with Gasteiger partial charge in [0.15, 0.2) is 0 Å². The van der Waals surface area contributed by atoms with Crippen molar-refractivity contribution in [1.29, 1.82) is 0 Å². The minimum Gasteiger partial charge on any atom is -0.370 e. The SMILES string of the molecule is Cc1ccc(C)n1-c1ccc(C(=O)N(CCC(N)=O)c2ccc(F)cc2)cc1. The number of aromatic nitrogens is 1. The van der Waals surface area contributed by atoms with Crippen LogP contribution in [0.3, 0.4) is 0 Å². The van der Waals surface area contributed by atoms with E-state index in [4.69, 9.17) is 5.73 Å². The first-order valence-corrected chi connectivity index (χ1v) is 8.98. The van der Waals surface area contributed by atoms with Crippen LogP contribution in [0.25, 0.3) is 5.69 Å². The zero-order valence-electron chi connectivity index (χ0n) is 15.9. The summed E-state index contributed by atoms with van der Waals surface area (Å²) in [7, 11) is 0. The highest BCUT2D eigenvalue weighted by atomic mass is 19.1. The number of hydrogen-bond acceptors (Lipinski definition) is 2. The predicted molar refractivity (Wildman–Crippen MR) is 107 cm³/mol. The lowest BCUT2D eigenvalue weighted by Crippen LogP contribution is -2.34. The molecule has 3 rings (SSSR count). The van der Waals surface area contributed by atoms with Crippen molar-refractivity contribution in [3.05, 3.63) is 83.4 Å². The molecule has 0 saturated carbocycles. The highest BCUT2D eigenvalue weighted by Gasteiger charge is 2.19. The second-order valence-corrected chi connectivity index (χ2v) is 6.65. The lowest BCUT2D eigenvalue weighted by molar-refractivity contribution is -0.117. The molecule has 0 bridgehead atoms. The molecular formula is C22H22FN3O2. The highest BCUT2D eigenvalue weighted by Crippen LogP contribution is 2.21. The van der Waals surface area contributed by atoms with Gasteiger partial charge in [-0.25, -0.2) is 4.39 Å². The number of carbonyl (C=O) groups excluding carboxylic acids is 2. The van der Waals surface area contributed by atoms with Crippen molar-refractivity contribution < 1.29 is 14.0 Å². The van der Waals surface area contributed by atoms with Gasteiger partial charge in [-0.2, -0.15) is 0 Å². The van der Waals surface area contributed by atoms with Crippen LogP contribution in [0.1, 0.15) is 28.2 Å². The van der Waals surface area contributed by atoms with E-state index >= 15 is 0 Å². The van der Waals surface area contributed by atoms with E-state index in [9.17, 15) is 14.0 Å². The molecule has 0 atom stereocenters. The fourth-order valence-corrected chi connectivity index (χ4v) is 3.18. The normalized spacial score (nSPS) is 10.7. The molecule has 0 aliphatic rings. The fraction of sp³-hybridized carbons (Fsp3) is 0.182. The van der Waals surface area contributed by atoms with E-state index < -0.39 is 11.7 Å². The molecule has 1 heterocycles. The number of nitrogens with two attached hydrogens (primary N) is 1. The maximum atomic E-state index is 13.3. The minimum atomic E-state index is -0.506. The molecule has 0 radical (unpaired) electrons. The van der Waals surface area contributed by atoms with Crippen LogP contribution in [-0.2, 0) is 4.79 Å². The number of carbonyl (C=O) groups is 2. The number of benzene rings is 2. The molecule has 0 saturated heterocycles. The summed E-state index contributed by atoms with van der Waals surface area (Å²) in [6.07, 6.45) is 0.0168. The number of halogens is 1. The molecule has 5 nitrogen and oxygen atoms in total. The Morgan fingerprint density at radius 2 is 1.50 bits per heavy atom. The van der Waals surface area contributed by atoms with Crippen molar-refractivity contribution in [2.75, 3.05) is 11.4 Å². The summed E-state index contributed by atoms with van der Waals surface area (Å²) in [5.74, 6) is -1.18. The Labute approximate surface area is 163 Å². The Balaban J connectivity index is 1.89. The Bertz CT molecular complexity index is 972. The summed E-state index contributed by atoms with van der Waals surface area (Å²) in [5, 5.41) is 0. The first-order chi connectivity index (χ1) is 13.4. The highest BCUT2D eigenvalue weighted by molar-refractivity contribution is 6.06. The molecule has 0 spiro atoms. The molecule has 3 aromatic rings. The number of aryl methyl sites for hydroxylation is 2. The third-order valence-corrected chi connectivity index (χ3v) is 4.61. The van der Waals surface area contributed by atoms with Gasteiger partial charge in [-0.05, 0) is 74.5 Å². The van der Waals surface area contributed by atoms with Gasteiger partial charge in [0, 0.05) is 41.3 Å². The van der Waals surface area contributed by atoms with Crippen molar-refractivity contribution in [2.45, 2.75) is 20.3 Å². The molecule has 28 heavy (non-hydrogen) atoms. The minimum absolute atomic E-state index is 0.0168. The van der Waals surface area contributed by atoms with Crippen LogP contribution in [0, 0.1) is 19.7 Å². The maximum Gasteiger partial charge on any atom is 0.258 e. The summed E-state index contributed by atoms with van der Waals surface area (Å²) in [6, 6.07) is 16.9. The summed E-state index contributed by atoms with van der Waals surface area (Å²) in [4.78, 5) is 25.7. The van der Waals surface area contributed by atoms with Gasteiger partial charge >= 0.3 is 0 Å². The average molecular weight is 379 g/mol. The fourth-order valence-electron chi connectivity index (χ4n) is 3.18. The number of primary amides is 1. The third kappa shape index (κ3) is 4.11. The summed E-state index contributed by atoms with van der Waals surface area (Å²) in [6.45, 7) is 4.16. The zero-order chi connectivity index (χ0) is 20.3. The van der Waals surface area contributed by atoms with Crippen LogP contribution in [-0.4, -0.2) is 22.9 Å². The van der Waals surface area contributed by atoms with E-state index in [-0.39, 0.29) is 18.9 Å². The second-order valence-electron chi connectivity index (χ2n) is 6.65. The van der Waals surface area contributed by atoms with Crippen LogP contribution in [0.5, 0.6) is 0 Å². The first kappa shape index (κ1) is 19.4. The lowest BCUT2D eigenvalue weighted by Gasteiger charge is -2.22. The van der Waals surface area contributed by atoms with E-state index in [1.165, 1.54) is 29.2 Å². The molecule has 6 heteroatoms. The number of nitrogens with zero attached hydrogens (tertiary/aromatic N) is 2. The third-order valence-electron chi connectivity index (χ3n) is 4.61. The van der Waals surface area contributed by atoms with E-state index in [2.05, 4.69) is 4.57 Å². The van der Waals surface area contributed by atoms with Crippen molar-refractivity contribution >= 4 is 17.5 Å². The van der Waals surface area contributed by atoms with Gasteiger partial charge in [-0.1, -0.05) is 0 Å². The summed E-state index contributed by atoms with van der Waals surface area (Å²) >= 11 is 0. The van der Waals surface area contributed by atoms with Crippen LogP contribution >= 0.6 is 0 Å². The van der Waals surface area contributed by atoms with Gasteiger partial charge < -0.3 is 15.2 Å². The molecule has 2 N–H and O–H groups in total. The predicted octanol–water partition coefficient (Wildman–Crippen LogP) is 3.76. The first-order valence-electron chi connectivity index (χ1n) is 8.98. The Hall–Kier alpha value is -3.41. The van der Waals surface area contributed by atoms with Gasteiger partial charge in [0.2, 0.25) is 5.91 Å². The zero-order valence-corrected chi connectivity index (χ0v) is 15.9. The Morgan fingerprint density at radius 1 is 0.929 bits per heavy atom. The van der Waals surface area contributed by atoms with Gasteiger partial charge in [-0.15, -0.1) is 0 Å². The number of hydrogen-bond donors (Lipinski definition) is 1. The molecule has 0 aliphatic carbocycles. The molecule has 0 unspecified atom stereocenters. The van der Waals surface area contributed by atoms with Gasteiger partial charge in [-0.3, -0.25) is 9.59 Å². The monoisotopic (exact) mass is 379 g/mol. The molecule has 144 valence electrons. The Morgan fingerprint density at radius 3 is 2.04 bits per heavy atom. The van der Waals surface area contributed by atoms with E-state index in [0.29, 0.717) is 11.3 Å².